The summed E-state index contributed by atoms with van der Waals surface area (Å²) in [4.78, 5) is 4.84. The minimum atomic E-state index is -0.0951. The van der Waals surface area contributed by atoms with Crippen LogP contribution in [0.25, 0.3) is 49.5 Å². The first kappa shape index (κ1) is 17.7. The number of aromatic nitrogens is 2. The van der Waals surface area contributed by atoms with Crippen LogP contribution in [-0.4, -0.2) is 9.55 Å². The molecule has 0 saturated heterocycles. The van der Waals surface area contributed by atoms with Gasteiger partial charge in [-0.1, -0.05) is 80.6 Å². The van der Waals surface area contributed by atoms with Gasteiger partial charge in [-0.3, -0.25) is 4.98 Å². The lowest BCUT2D eigenvalue weighted by Gasteiger charge is -2.24. The lowest BCUT2D eigenvalue weighted by atomic mass is 9.81. The van der Waals surface area contributed by atoms with Crippen LogP contribution in [0.3, 0.4) is 0 Å². The molecule has 1 aliphatic carbocycles. The van der Waals surface area contributed by atoms with Crippen LogP contribution in [0.1, 0.15) is 25.0 Å². The predicted molar refractivity (Wildman–Crippen MR) is 134 cm³/mol. The molecular formula is C30H22N2. The second kappa shape index (κ2) is 6.08. The Bertz CT molecular complexity index is 1700. The highest BCUT2D eigenvalue weighted by Gasteiger charge is 2.38. The summed E-state index contributed by atoms with van der Waals surface area (Å²) in [6.45, 7) is 4.71. The molecule has 0 unspecified atom stereocenters. The van der Waals surface area contributed by atoms with Gasteiger partial charge in [0.2, 0.25) is 0 Å². The maximum atomic E-state index is 4.84. The summed E-state index contributed by atoms with van der Waals surface area (Å²) in [6.07, 6.45) is 1.91. The first-order valence-corrected chi connectivity index (χ1v) is 11.2. The molecule has 0 amide bonds. The van der Waals surface area contributed by atoms with Gasteiger partial charge in [-0.05, 0) is 51.9 Å². The van der Waals surface area contributed by atoms with E-state index in [4.69, 9.17) is 4.98 Å². The van der Waals surface area contributed by atoms with E-state index in [1.54, 1.807) is 0 Å². The summed E-state index contributed by atoms with van der Waals surface area (Å²) in [5, 5.41) is 3.72. The van der Waals surface area contributed by atoms with Crippen molar-refractivity contribution in [1.82, 2.24) is 9.55 Å². The van der Waals surface area contributed by atoms with Crippen molar-refractivity contribution in [3.05, 3.63) is 108 Å². The van der Waals surface area contributed by atoms with Crippen LogP contribution in [-0.2, 0) is 5.41 Å². The lowest BCUT2D eigenvalue weighted by Crippen LogP contribution is -2.16. The first-order chi connectivity index (χ1) is 15.7. The molecule has 0 spiro atoms. The largest absolute Gasteiger partial charge is 0.307 e. The van der Waals surface area contributed by atoms with Crippen molar-refractivity contribution in [1.29, 1.82) is 0 Å². The highest BCUT2D eigenvalue weighted by atomic mass is 15.0. The maximum absolute atomic E-state index is 4.84. The fourth-order valence-electron chi connectivity index (χ4n) is 5.83. The Morgan fingerprint density at radius 2 is 1.50 bits per heavy atom. The molecule has 1 aliphatic rings. The smallest absolute Gasteiger partial charge is 0.0963 e. The van der Waals surface area contributed by atoms with E-state index in [9.17, 15) is 0 Å². The quantitative estimate of drug-likeness (QED) is 0.272. The summed E-state index contributed by atoms with van der Waals surface area (Å²) in [5.74, 6) is 0. The van der Waals surface area contributed by atoms with E-state index in [1.807, 2.05) is 12.3 Å². The van der Waals surface area contributed by atoms with Crippen LogP contribution < -0.4 is 0 Å². The van der Waals surface area contributed by atoms with Gasteiger partial charge in [-0.25, -0.2) is 0 Å². The zero-order chi connectivity index (χ0) is 21.4. The average Bonchev–Trinajstić information content (AvgIpc) is 3.28. The third-order valence-electron chi connectivity index (χ3n) is 7.21. The topological polar surface area (TPSA) is 17.8 Å². The van der Waals surface area contributed by atoms with Gasteiger partial charge in [0, 0.05) is 22.4 Å². The van der Waals surface area contributed by atoms with E-state index in [1.165, 1.54) is 49.6 Å². The maximum Gasteiger partial charge on any atom is 0.0963 e. The van der Waals surface area contributed by atoms with Crippen LogP contribution in [0.15, 0.2) is 97.2 Å². The van der Waals surface area contributed by atoms with Crippen molar-refractivity contribution in [3.63, 3.8) is 0 Å². The van der Waals surface area contributed by atoms with Crippen molar-refractivity contribution in [2.75, 3.05) is 0 Å². The first-order valence-electron chi connectivity index (χ1n) is 11.2. The number of benzene rings is 4. The van der Waals surface area contributed by atoms with Gasteiger partial charge < -0.3 is 4.57 Å². The molecule has 0 N–H and O–H groups in total. The molecule has 152 valence electrons. The van der Waals surface area contributed by atoms with E-state index < -0.39 is 0 Å². The van der Waals surface area contributed by atoms with Crippen molar-refractivity contribution in [3.8, 4) is 16.8 Å². The van der Waals surface area contributed by atoms with Gasteiger partial charge >= 0.3 is 0 Å². The van der Waals surface area contributed by atoms with E-state index in [2.05, 4.69) is 103 Å². The van der Waals surface area contributed by atoms with Gasteiger partial charge in [-0.15, -0.1) is 0 Å². The molecule has 4 aromatic carbocycles. The monoisotopic (exact) mass is 410 g/mol. The minimum absolute atomic E-state index is 0.0951. The average molecular weight is 411 g/mol. The Hall–Kier alpha value is -3.91. The number of fused-ring (bicyclic) bond motifs is 8. The molecule has 6 aromatic rings. The van der Waals surface area contributed by atoms with Gasteiger partial charge in [0.25, 0.3) is 0 Å². The zero-order valence-corrected chi connectivity index (χ0v) is 18.1. The molecule has 32 heavy (non-hydrogen) atoms. The van der Waals surface area contributed by atoms with Gasteiger partial charge in [0.15, 0.2) is 0 Å². The van der Waals surface area contributed by atoms with E-state index in [-0.39, 0.29) is 5.41 Å². The molecule has 2 heteroatoms. The SMILES string of the molecule is CC1(C)c2ccccc2-c2ccc3c4ncccc4n(-c4cccc5ccccc45)c3c21. The normalized spacial score (nSPS) is 14.2. The number of hydrogen-bond acceptors (Lipinski definition) is 1. The van der Waals surface area contributed by atoms with Gasteiger partial charge in [-0.2, -0.15) is 0 Å². The Kier molecular flexibility index (Phi) is 3.37. The van der Waals surface area contributed by atoms with Crippen LogP contribution in [0.5, 0.6) is 0 Å². The molecule has 0 atom stereocenters. The van der Waals surface area contributed by atoms with Crippen molar-refractivity contribution < 1.29 is 0 Å². The molecule has 2 nitrogen and oxygen atoms in total. The Morgan fingerprint density at radius 3 is 2.44 bits per heavy atom. The third kappa shape index (κ3) is 2.12. The molecule has 0 radical (unpaired) electrons. The van der Waals surface area contributed by atoms with Gasteiger partial charge in [0.05, 0.1) is 22.2 Å². The van der Waals surface area contributed by atoms with Gasteiger partial charge in [0.1, 0.15) is 0 Å². The second-order valence-electron chi connectivity index (χ2n) is 9.26. The number of nitrogens with zero attached hydrogens (tertiary/aromatic N) is 2. The number of rotatable bonds is 1. The van der Waals surface area contributed by atoms with Crippen molar-refractivity contribution in [2.45, 2.75) is 19.3 Å². The molecule has 0 bridgehead atoms. The fraction of sp³-hybridized carbons (Fsp3) is 0.100. The predicted octanol–water partition coefficient (Wildman–Crippen LogP) is 7.64. The standard InChI is InChI=1S/C30H22N2/c1-30(2)24-13-6-5-12-21(24)22-16-17-23-28-26(15-8-18-31-28)32(29(23)27(22)30)25-14-7-10-19-9-3-4-11-20(19)25/h3-18H,1-2H3. The molecule has 2 heterocycles. The lowest BCUT2D eigenvalue weighted by molar-refractivity contribution is 0.664. The summed E-state index contributed by atoms with van der Waals surface area (Å²) in [6, 6.07) is 32.9. The number of hydrogen-bond donors (Lipinski definition) is 0. The molecule has 0 fully saturated rings. The Balaban J connectivity index is 1.73. The summed E-state index contributed by atoms with van der Waals surface area (Å²) in [7, 11) is 0. The van der Waals surface area contributed by atoms with E-state index in [0.29, 0.717) is 0 Å². The van der Waals surface area contributed by atoms with E-state index >= 15 is 0 Å². The molecule has 0 saturated carbocycles. The minimum Gasteiger partial charge on any atom is -0.307 e. The van der Waals surface area contributed by atoms with Crippen molar-refractivity contribution >= 4 is 32.7 Å². The third-order valence-corrected chi connectivity index (χ3v) is 7.21. The Morgan fingerprint density at radius 1 is 0.688 bits per heavy atom. The fourth-order valence-corrected chi connectivity index (χ4v) is 5.83. The highest BCUT2D eigenvalue weighted by molar-refractivity contribution is 6.12. The van der Waals surface area contributed by atoms with Crippen LogP contribution in [0.2, 0.25) is 0 Å². The molecule has 0 aliphatic heterocycles. The van der Waals surface area contributed by atoms with Crippen molar-refractivity contribution in [2.24, 2.45) is 0 Å². The molecule has 7 rings (SSSR count). The molecule has 2 aromatic heterocycles. The highest BCUT2D eigenvalue weighted by Crippen LogP contribution is 2.52. The zero-order valence-electron chi connectivity index (χ0n) is 18.1. The second-order valence-corrected chi connectivity index (χ2v) is 9.26. The van der Waals surface area contributed by atoms with Crippen LogP contribution >= 0.6 is 0 Å². The van der Waals surface area contributed by atoms with E-state index in [0.717, 1.165) is 11.0 Å². The Labute approximate surface area is 186 Å². The van der Waals surface area contributed by atoms with Crippen LogP contribution in [0.4, 0.5) is 0 Å². The van der Waals surface area contributed by atoms with Crippen LogP contribution in [0, 0.1) is 0 Å². The molecular weight excluding hydrogens is 388 g/mol. The number of pyridine rings is 1. The summed E-state index contributed by atoms with van der Waals surface area (Å²) < 4.78 is 2.45. The summed E-state index contributed by atoms with van der Waals surface area (Å²) >= 11 is 0. The summed E-state index contributed by atoms with van der Waals surface area (Å²) in [5.41, 5.74) is 10.1.